The molecule has 2 amide bonds. The molecule has 4 rings (SSSR count). The van der Waals surface area contributed by atoms with Gasteiger partial charge in [-0.3, -0.25) is 5.32 Å². The van der Waals surface area contributed by atoms with Crippen LogP contribution in [0.2, 0.25) is 0 Å². The summed E-state index contributed by atoms with van der Waals surface area (Å²) in [5.41, 5.74) is 4.38. The summed E-state index contributed by atoms with van der Waals surface area (Å²) in [7, 11) is 0. The number of carbonyl (C=O) groups is 1. The Morgan fingerprint density at radius 3 is 2.30 bits per heavy atom. The first-order chi connectivity index (χ1) is 13.2. The van der Waals surface area contributed by atoms with E-state index in [4.69, 9.17) is 0 Å². The fourth-order valence-corrected chi connectivity index (χ4v) is 3.63. The van der Waals surface area contributed by atoms with Crippen molar-refractivity contribution in [2.45, 2.75) is 6.92 Å². The van der Waals surface area contributed by atoms with Crippen molar-refractivity contribution in [3.63, 3.8) is 0 Å². The van der Waals surface area contributed by atoms with Crippen LogP contribution in [0.3, 0.4) is 0 Å². The van der Waals surface area contributed by atoms with Crippen LogP contribution < -0.4 is 10.6 Å². The van der Waals surface area contributed by atoms with Gasteiger partial charge in [0.25, 0.3) is 0 Å². The summed E-state index contributed by atoms with van der Waals surface area (Å²) in [6, 6.07) is 3.71. The van der Waals surface area contributed by atoms with Crippen molar-refractivity contribution >= 4 is 32.7 Å². The van der Waals surface area contributed by atoms with Crippen LogP contribution >= 0.6 is 11.3 Å². The summed E-state index contributed by atoms with van der Waals surface area (Å²) in [6.07, 6.45) is 9.99. The molecule has 9 heteroatoms. The minimum absolute atomic E-state index is 0.280. The number of carbonyl (C=O) groups excluding carboxylic acids is 1. The molecule has 0 saturated heterocycles. The van der Waals surface area contributed by atoms with Gasteiger partial charge >= 0.3 is 6.03 Å². The number of anilines is 1. The summed E-state index contributed by atoms with van der Waals surface area (Å²) in [4.78, 5) is 32.8. The quantitative estimate of drug-likeness (QED) is 0.565. The first-order valence-corrected chi connectivity index (χ1v) is 9.06. The minimum atomic E-state index is -0.280. The van der Waals surface area contributed by atoms with Gasteiger partial charge in [-0.15, -0.1) is 0 Å². The molecule has 0 unspecified atom stereocenters. The Labute approximate surface area is 158 Å². The second kappa shape index (κ2) is 7.42. The molecule has 0 aliphatic rings. The van der Waals surface area contributed by atoms with Crippen molar-refractivity contribution in [3.05, 3.63) is 49.6 Å². The zero-order chi connectivity index (χ0) is 18.6. The largest absolute Gasteiger partial charge is 0.338 e. The average Bonchev–Trinajstić information content (AvgIpc) is 3.11. The van der Waals surface area contributed by atoms with Crippen LogP contribution in [0.1, 0.15) is 6.92 Å². The number of aromatic nitrogens is 5. The van der Waals surface area contributed by atoms with Crippen molar-refractivity contribution in [1.82, 2.24) is 30.2 Å². The summed E-state index contributed by atoms with van der Waals surface area (Å²) in [5, 5.41) is 6.00. The van der Waals surface area contributed by atoms with Gasteiger partial charge in [0, 0.05) is 48.0 Å². The van der Waals surface area contributed by atoms with Crippen LogP contribution in [-0.2, 0) is 0 Å². The zero-order valence-electron chi connectivity index (χ0n) is 14.4. The lowest BCUT2D eigenvalue weighted by molar-refractivity contribution is 0.252. The van der Waals surface area contributed by atoms with Crippen molar-refractivity contribution in [1.29, 1.82) is 0 Å². The maximum atomic E-state index is 11.8. The Morgan fingerprint density at radius 1 is 0.963 bits per heavy atom. The molecule has 2 N–H and O–H groups in total. The van der Waals surface area contributed by atoms with Gasteiger partial charge in [-0.05, 0) is 24.6 Å². The molecule has 0 aliphatic carbocycles. The van der Waals surface area contributed by atoms with Gasteiger partial charge in [0.15, 0.2) is 5.13 Å². The van der Waals surface area contributed by atoms with Crippen molar-refractivity contribution in [2.75, 3.05) is 11.9 Å². The van der Waals surface area contributed by atoms with E-state index in [-0.39, 0.29) is 6.03 Å². The monoisotopic (exact) mass is 377 g/mol. The molecule has 3 aromatic heterocycles. The summed E-state index contributed by atoms with van der Waals surface area (Å²) in [5.74, 6) is 0. The number of nitrogens with one attached hydrogen (secondary N) is 2. The number of hydrogen-bond donors (Lipinski definition) is 2. The predicted octanol–water partition coefficient (Wildman–Crippen LogP) is 3.35. The molecule has 134 valence electrons. The number of urea groups is 1. The topological polar surface area (TPSA) is 106 Å². The van der Waals surface area contributed by atoms with E-state index in [1.54, 1.807) is 24.8 Å². The van der Waals surface area contributed by atoms with E-state index in [0.717, 1.165) is 32.5 Å². The highest BCUT2D eigenvalue weighted by Gasteiger charge is 2.14. The third kappa shape index (κ3) is 3.58. The summed E-state index contributed by atoms with van der Waals surface area (Å²) in [6.45, 7) is 2.40. The van der Waals surface area contributed by atoms with Crippen molar-refractivity contribution in [3.8, 4) is 22.3 Å². The Balaban J connectivity index is 1.86. The Bertz CT molecular complexity index is 1080. The molecule has 27 heavy (non-hydrogen) atoms. The number of amides is 2. The molecule has 3 heterocycles. The highest BCUT2D eigenvalue weighted by molar-refractivity contribution is 7.22. The van der Waals surface area contributed by atoms with Gasteiger partial charge in [-0.25, -0.2) is 29.7 Å². The lowest BCUT2D eigenvalue weighted by Gasteiger charge is -2.06. The lowest BCUT2D eigenvalue weighted by atomic mass is 10.0. The number of nitrogens with zero attached hydrogens (tertiary/aromatic N) is 5. The highest BCUT2D eigenvalue weighted by Crippen LogP contribution is 2.38. The van der Waals surface area contributed by atoms with E-state index in [9.17, 15) is 4.79 Å². The molecule has 0 aliphatic heterocycles. The molecule has 0 spiro atoms. The molecular weight excluding hydrogens is 362 g/mol. The maximum absolute atomic E-state index is 11.8. The van der Waals surface area contributed by atoms with Crippen LogP contribution in [-0.4, -0.2) is 37.5 Å². The van der Waals surface area contributed by atoms with Crippen LogP contribution in [0.25, 0.3) is 32.5 Å². The summed E-state index contributed by atoms with van der Waals surface area (Å²) < 4.78 is 0.942. The molecule has 0 radical (unpaired) electrons. The summed E-state index contributed by atoms with van der Waals surface area (Å²) >= 11 is 1.41. The van der Waals surface area contributed by atoms with Crippen LogP contribution in [0, 0.1) is 0 Å². The Kier molecular flexibility index (Phi) is 4.67. The molecule has 8 nitrogen and oxygen atoms in total. The number of fused-ring (bicyclic) bond motifs is 1. The number of benzene rings is 1. The van der Waals surface area contributed by atoms with E-state index in [0.29, 0.717) is 11.7 Å². The maximum Gasteiger partial charge on any atom is 0.321 e. The SMILES string of the molecule is CCNC(=O)Nc1nc2cc(-c3cncnc3)cc(-c3cncnc3)c2s1. The van der Waals surface area contributed by atoms with Gasteiger partial charge in [0.2, 0.25) is 0 Å². The first kappa shape index (κ1) is 17.0. The molecular formula is C18H15N7OS. The van der Waals surface area contributed by atoms with Crippen molar-refractivity contribution in [2.24, 2.45) is 0 Å². The van der Waals surface area contributed by atoms with Crippen molar-refractivity contribution < 1.29 is 4.79 Å². The van der Waals surface area contributed by atoms with Crippen LogP contribution in [0.15, 0.2) is 49.6 Å². The lowest BCUT2D eigenvalue weighted by Crippen LogP contribution is -2.28. The fourth-order valence-electron chi connectivity index (χ4n) is 2.66. The first-order valence-electron chi connectivity index (χ1n) is 8.25. The van der Waals surface area contributed by atoms with E-state index in [2.05, 4.69) is 35.6 Å². The Hall–Kier alpha value is -3.46. The third-order valence-electron chi connectivity index (χ3n) is 3.81. The highest BCUT2D eigenvalue weighted by atomic mass is 32.1. The standard InChI is InChI=1S/C18H15N7OS/c1-2-23-17(26)25-18-24-15-4-11(12-5-19-9-20-6-12)3-14(16(15)27-18)13-7-21-10-22-8-13/h3-10H,2H2,1H3,(H2,23,24,25,26). The van der Waals surface area contributed by atoms with E-state index < -0.39 is 0 Å². The van der Waals surface area contributed by atoms with Gasteiger partial charge in [-0.2, -0.15) is 0 Å². The number of rotatable bonds is 4. The normalized spacial score (nSPS) is 10.7. The van der Waals surface area contributed by atoms with Gasteiger partial charge < -0.3 is 5.32 Å². The smallest absolute Gasteiger partial charge is 0.321 e. The van der Waals surface area contributed by atoms with Crippen LogP contribution in [0.5, 0.6) is 0 Å². The molecule has 1 aromatic carbocycles. The average molecular weight is 377 g/mol. The van der Waals surface area contributed by atoms with E-state index >= 15 is 0 Å². The predicted molar refractivity (Wildman–Crippen MR) is 104 cm³/mol. The van der Waals surface area contributed by atoms with Gasteiger partial charge in [0.1, 0.15) is 12.7 Å². The zero-order valence-corrected chi connectivity index (χ0v) is 15.2. The molecule has 0 atom stereocenters. The molecule has 0 bridgehead atoms. The third-order valence-corrected chi connectivity index (χ3v) is 4.83. The molecule has 4 aromatic rings. The number of hydrogen-bond acceptors (Lipinski definition) is 7. The van der Waals surface area contributed by atoms with E-state index in [1.165, 1.54) is 24.0 Å². The second-order valence-corrected chi connectivity index (χ2v) is 6.63. The molecule has 0 fully saturated rings. The molecule has 0 saturated carbocycles. The second-order valence-electron chi connectivity index (χ2n) is 5.63. The van der Waals surface area contributed by atoms with Crippen LogP contribution in [0.4, 0.5) is 9.93 Å². The van der Waals surface area contributed by atoms with E-state index in [1.807, 2.05) is 19.1 Å². The Morgan fingerprint density at radius 2 is 1.63 bits per heavy atom. The van der Waals surface area contributed by atoms with Gasteiger partial charge in [0.05, 0.1) is 10.2 Å². The fraction of sp³-hybridized carbons (Fsp3) is 0.111. The number of thiazole rings is 1. The van der Waals surface area contributed by atoms with Gasteiger partial charge in [-0.1, -0.05) is 11.3 Å². The minimum Gasteiger partial charge on any atom is -0.338 e.